The molecule has 0 saturated carbocycles. The van der Waals surface area contributed by atoms with Gasteiger partial charge in [0.1, 0.15) is 0 Å². The van der Waals surface area contributed by atoms with Gasteiger partial charge in [0.05, 0.1) is 0 Å². The van der Waals surface area contributed by atoms with E-state index in [-0.39, 0.29) is 19.9 Å². The van der Waals surface area contributed by atoms with Crippen LogP contribution < -0.4 is 0 Å². The summed E-state index contributed by atoms with van der Waals surface area (Å²) in [5, 5.41) is 0. The number of rotatable bonds is 3. The fourth-order valence-corrected chi connectivity index (χ4v) is 7.09. The van der Waals surface area contributed by atoms with E-state index in [1.165, 1.54) is 13.8 Å². The minimum absolute atomic E-state index is 0.328. The van der Waals surface area contributed by atoms with E-state index in [2.05, 4.69) is 0 Å². The zero-order chi connectivity index (χ0) is 8.85. The predicted molar refractivity (Wildman–Crippen MR) is 56.8 cm³/mol. The third-order valence-electron chi connectivity index (χ3n) is 0.928. The Hall–Kier alpha value is 0.230. The summed E-state index contributed by atoms with van der Waals surface area (Å²) in [6.45, 7) is 2.68. The summed E-state index contributed by atoms with van der Waals surface area (Å²) in [5.41, 5.74) is 0. The number of carbonyl (C=O) groups excluding carboxylic acids is 2. The first kappa shape index (κ1) is 11.2. The summed E-state index contributed by atoms with van der Waals surface area (Å²) in [6.07, 6.45) is 0. The first-order valence-corrected chi connectivity index (χ1v) is 13.3. The average Bonchev–Trinajstić information content (AvgIpc) is 1.84. The normalized spacial score (nSPS) is 10.7. The standard InChI is InChI=1S/C4H15O4P3/c1-3(5)7-11(10-9)8-4(2)6/h11H2,1-2,10H3,9H4. The monoisotopic (exact) mass is 220 g/mol. The van der Waals surface area contributed by atoms with Crippen LogP contribution in [0.4, 0.5) is 0 Å². The second kappa shape index (κ2) is 5.83. The molecule has 0 spiro atoms. The Morgan fingerprint density at radius 2 is 1.64 bits per heavy atom. The van der Waals surface area contributed by atoms with E-state index in [9.17, 15) is 9.59 Å². The van der Waals surface area contributed by atoms with E-state index < -0.39 is 8.06 Å². The molecule has 0 aromatic heterocycles. The van der Waals surface area contributed by atoms with Crippen molar-refractivity contribution in [2.45, 2.75) is 13.8 Å². The van der Waals surface area contributed by atoms with Crippen molar-refractivity contribution in [1.29, 1.82) is 0 Å². The second-order valence-corrected chi connectivity index (χ2v) is 16.0. The van der Waals surface area contributed by atoms with Crippen molar-refractivity contribution >= 4 is 36.9 Å². The third-order valence-corrected chi connectivity index (χ3v) is 11.8. The molecule has 0 amide bonds. The van der Waals surface area contributed by atoms with Crippen LogP contribution >= 0.6 is 25.0 Å². The van der Waals surface area contributed by atoms with Gasteiger partial charge in [-0.25, -0.2) is 0 Å². The van der Waals surface area contributed by atoms with Crippen molar-refractivity contribution in [1.82, 2.24) is 0 Å². The van der Waals surface area contributed by atoms with Gasteiger partial charge in [0, 0.05) is 0 Å². The molecule has 0 bridgehead atoms. The van der Waals surface area contributed by atoms with Gasteiger partial charge >= 0.3 is 69.4 Å². The van der Waals surface area contributed by atoms with Crippen LogP contribution in [0.15, 0.2) is 0 Å². The van der Waals surface area contributed by atoms with Gasteiger partial charge in [-0.15, -0.1) is 0 Å². The fourth-order valence-electron chi connectivity index (χ4n) is 0.561. The summed E-state index contributed by atoms with van der Waals surface area (Å²) < 4.78 is 9.73. The maximum atomic E-state index is 10.5. The molecule has 0 saturated heterocycles. The average molecular weight is 220 g/mol. The van der Waals surface area contributed by atoms with Crippen LogP contribution in [0, 0.1) is 0 Å². The topological polar surface area (TPSA) is 52.6 Å². The van der Waals surface area contributed by atoms with E-state index in [1.54, 1.807) is 0 Å². The molecule has 0 aromatic rings. The van der Waals surface area contributed by atoms with E-state index in [4.69, 9.17) is 9.05 Å². The van der Waals surface area contributed by atoms with E-state index in [1.807, 2.05) is 0 Å². The van der Waals surface area contributed by atoms with Crippen molar-refractivity contribution in [2.75, 3.05) is 0 Å². The molecule has 70 valence electrons. The van der Waals surface area contributed by atoms with Crippen LogP contribution in [0.3, 0.4) is 0 Å². The summed E-state index contributed by atoms with van der Waals surface area (Å²) in [4.78, 5) is 20.9. The van der Waals surface area contributed by atoms with Gasteiger partial charge in [-0.05, 0) is 0 Å². The number of hydrogen-bond acceptors (Lipinski definition) is 4. The zero-order valence-electron chi connectivity index (χ0n) is 6.92. The molecular formula is C4H15O4P3. The van der Waals surface area contributed by atoms with Gasteiger partial charge in [0.2, 0.25) is 0 Å². The van der Waals surface area contributed by atoms with Crippen LogP contribution in [-0.4, -0.2) is 11.9 Å². The van der Waals surface area contributed by atoms with Gasteiger partial charge in [0.15, 0.2) is 0 Å². The SMILES string of the molecule is CC(=O)O[PH2](OC(C)=O)[PH3][PH4]. The Kier molecular flexibility index (Phi) is 5.95. The van der Waals surface area contributed by atoms with Crippen molar-refractivity contribution in [3.05, 3.63) is 0 Å². The molecule has 0 radical (unpaired) electrons. The van der Waals surface area contributed by atoms with Crippen molar-refractivity contribution < 1.29 is 18.6 Å². The quantitative estimate of drug-likeness (QED) is 0.637. The Bertz CT molecular complexity index is 143. The Morgan fingerprint density at radius 1 is 1.27 bits per heavy atom. The molecule has 4 nitrogen and oxygen atoms in total. The summed E-state index contributed by atoms with van der Waals surface area (Å²) in [5.74, 6) is -0.655. The molecular weight excluding hydrogens is 205 g/mol. The Morgan fingerprint density at radius 3 is 1.82 bits per heavy atom. The molecule has 0 rings (SSSR count). The van der Waals surface area contributed by atoms with Crippen LogP contribution in [-0.2, 0) is 18.6 Å². The predicted octanol–water partition coefficient (Wildman–Crippen LogP) is 0.202. The fraction of sp³-hybridized carbons (Fsp3) is 0.500. The molecule has 0 aliphatic carbocycles. The Labute approximate surface area is 70.1 Å². The Balaban J connectivity index is 3.76. The van der Waals surface area contributed by atoms with Gasteiger partial charge in [-0.3, -0.25) is 0 Å². The van der Waals surface area contributed by atoms with Gasteiger partial charge in [0.25, 0.3) is 0 Å². The summed E-state index contributed by atoms with van der Waals surface area (Å²) in [7, 11) is -1.16. The van der Waals surface area contributed by atoms with Crippen LogP contribution in [0.1, 0.15) is 13.8 Å². The van der Waals surface area contributed by atoms with Gasteiger partial charge in [-0.1, -0.05) is 0 Å². The summed E-state index contributed by atoms with van der Waals surface area (Å²) in [6, 6.07) is 0. The zero-order valence-corrected chi connectivity index (χ0v) is 11.5. The van der Waals surface area contributed by atoms with Crippen LogP contribution in [0.5, 0.6) is 0 Å². The molecule has 0 N–H and O–H groups in total. The van der Waals surface area contributed by atoms with Crippen LogP contribution in [0.2, 0.25) is 0 Å². The molecule has 0 unspecified atom stereocenters. The molecule has 0 aliphatic heterocycles. The molecule has 0 aromatic carbocycles. The minimum atomic E-state index is -1.83. The molecule has 0 atom stereocenters. The van der Waals surface area contributed by atoms with E-state index in [0.717, 1.165) is 8.93 Å². The first-order chi connectivity index (χ1) is 5.06. The number of hydrogen-bond donors (Lipinski definition) is 0. The van der Waals surface area contributed by atoms with Gasteiger partial charge < -0.3 is 0 Å². The van der Waals surface area contributed by atoms with Crippen molar-refractivity contribution in [3.8, 4) is 0 Å². The van der Waals surface area contributed by atoms with Gasteiger partial charge in [-0.2, -0.15) is 0 Å². The third kappa shape index (κ3) is 6.62. The molecule has 7 heteroatoms. The maximum absolute atomic E-state index is 10.5. The van der Waals surface area contributed by atoms with E-state index >= 15 is 0 Å². The number of carbonyl (C=O) groups is 2. The second-order valence-electron chi connectivity index (χ2n) is 2.06. The molecule has 0 heterocycles. The van der Waals surface area contributed by atoms with Crippen molar-refractivity contribution in [2.24, 2.45) is 0 Å². The summed E-state index contributed by atoms with van der Waals surface area (Å²) >= 11 is 0. The van der Waals surface area contributed by atoms with Crippen LogP contribution in [0.25, 0.3) is 0 Å². The molecule has 0 aliphatic rings. The molecule has 0 fully saturated rings. The van der Waals surface area contributed by atoms with Crippen molar-refractivity contribution in [3.63, 3.8) is 0 Å². The molecule has 11 heavy (non-hydrogen) atoms. The first-order valence-electron chi connectivity index (χ1n) is 3.40. The van der Waals surface area contributed by atoms with E-state index in [0.29, 0.717) is 0 Å².